The summed E-state index contributed by atoms with van der Waals surface area (Å²) in [5.41, 5.74) is 2.97. The van der Waals surface area contributed by atoms with Gasteiger partial charge in [-0.05, 0) is 30.5 Å². The van der Waals surface area contributed by atoms with Gasteiger partial charge in [0.25, 0.3) is 0 Å². The lowest BCUT2D eigenvalue weighted by atomic mass is 9.80. The van der Waals surface area contributed by atoms with Gasteiger partial charge in [0.05, 0.1) is 13.2 Å². The van der Waals surface area contributed by atoms with Crippen molar-refractivity contribution in [2.24, 2.45) is 5.92 Å². The number of piperidine rings is 1. The lowest BCUT2D eigenvalue weighted by Gasteiger charge is -2.48. The molecule has 1 aromatic carbocycles. The van der Waals surface area contributed by atoms with Crippen LogP contribution in [0.4, 0.5) is 0 Å². The molecule has 2 aliphatic rings. The number of Topliss-reactive ketones (excluding diaryl/α,β-unsaturated/α-hetero) is 1. The number of carbonyl (C=O) groups is 1. The fourth-order valence-electron chi connectivity index (χ4n) is 4.56. The van der Waals surface area contributed by atoms with Gasteiger partial charge in [-0.1, -0.05) is 30.3 Å². The van der Waals surface area contributed by atoms with E-state index in [1.165, 1.54) is 5.56 Å². The highest BCUT2D eigenvalue weighted by molar-refractivity contribution is 5.98. The number of fused-ring (bicyclic) bond motifs is 3. The molecule has 2 unspecified atom stereocenters. The molecule has 0 amide bonds. The summed E-state index contributed by atoms with van der Waals surface area (Å²) in [7, 11) is 0. The molecule has 138 valence electrons. The summed E-state index contributed by atoms with van der Waals surface area (Å²) in [5, 5.41) is 0. The van der Waals surface area contributed by atoms with Gasteiger partial charge in [0, 0.05) is 48.7 Å². The molecule has 0 N–H and O–H groups in total. The number of morpholine rings is 1. The Morgan fingerprint density at radius 3 is 2.63 bits per heavy atom. The van der Waals surface area contributed by atoms with Crippen LogP contribution in [0.5, 0.6) is 0 Å². The van der Waals surface area contributed by atoms with E-state index in [0.717, 1.165) is 30.6 Å². The van der Waals surface area contributed by atoms with Crippen LogP contribution < -0.4 is 0 Å². The number of ether oxygens (including phenoxy) is 1. The second kappa shape index (κ2) is 6.91. The fourth-order valence-corrected chi connectivity index (χ4v) is 4.56. The lowest BCUT2D eigenvalue weighted by Crippen LogP contribution is -2.57. The van der Waals surface area contributed by atoms with Crippen LogP contribution in [0.15, 0.2) is 61.1 Å². The number of hydrogen-bond donors (Lipinski definition) is 0. The van der Waals surface area contributed by atoms with E-state index < -0.39 is 0 Å². The summed E-state index contributed by atoms with van der Waals surface area (Å²) in [6, 6.07) is 15.0. The normalized spacial score (nSPS) is 25.6. The molecule has 27 heavy (non-hydrogen) atoms. The molecule has 4 heterocycles. The van der Waals surface area contributed by atoms with Crippen LogP contribution in [-0.2, 0) is 11.3 Å². The molecule has 5 nitrogen and oxygen atoms in total. The molecule has 2 fully saturated rings. The molecule has 3 aromatic rings. The number of ketones is 1. The van der Waals surface area contributed by atoms with E-state index in [2.05, 4.69) is 40.2 Å². The van der Waals surface area contributed by atoms with Gasteiger partial charge in [0.1, 0.15) is 5.65 Å². The maximum atomic E-state index is 13.2. The molecule has 0 aliphatic carbocycles. The number of benzene rings is 1. The van der Waals surface area contributed by atoms with E-state index in [1.807, 2.05) is 28.9 Å². The van der Waals surface area contributed by atoms with Crippen molar-refractivity contribution in [3.8, 4) is 0 Å². The van der Waals surface area contributed by atoms with Gasteiger partial charge in [0.2, 0.25) is 0 Å². The van der Waals surface area contributed by atoms with Crippen LogP contribution in [0, 0.1) is 5.92 Å². The van der Waals surface area contributed by atoms with Crippen LogP contribution in [0.3, 0.4) is 0 Å². The second-order valence-electron chi connectivity index (χ2n) is 7.65. The summed E-state index contributed by atoms with van der Waals surface area (Å²) >= 11 is 0. The van der Waals surface area contributed by atoms with Crippen LogP contribution >= 0.6 is 0 Å². The van der Waals surface area contributed by atoms with Crippen LogP contribution in [0.25, 0.3) is 5.65 Å². The monoisotopic (exact) mass is 361 g/mol. The Labute approximate surface area is 158 Å². The number of imidazole rings is 1. The molecule has 0 spiro atoms. The van der Waals surface area contributed by atoms with Crippen molar-refractivity contribution in [3.63, 3.8) is 0 Å². The maximum Gasteiger partial charge on any atom is 0.167 e. The first kappa shape index (κ1) is 16.7. The Kier molecular flexibility index (Phi) is 4.26. The summed E-state index contributed by atoms with van der Waals surface area (Å²) in [5.74, 6) is 0.318. The van der Waals surface area contributed by atoms with Crippen molar-refractivity contribution in [1.82, 2.24) is 14.3 Å². The third-order valence-electron chi connectivity index (χ3n) is 5.92. The zero-order valence-corrected chi connectivity index (χ0v) is 15.2. The largest absolute Gasteiger partial charge is 0.378 e. The van der Waals surface area contributed by atoms with Gasteiger partial charge in [-0.25, -0.2) is 4.98 Å². The first-order chi connectivity index (χ1) is 13.3. The number of hydrogen-bond acceptors (Lipinski definition) is 4. The van der Waals surface area contributed by atoms with Crippen LogP contribution in [0.2, 0.25) is 0 Å². The topological polar surface area (TPSA) is 46.8 Å². The molecule has 2 saturated heterocycles. The standard InChI is InChI=1S/C22H23N3O2/c26-22(17-6-7-21-23-8-9-24(21)13-17)18-10-19-14-27-15-20(11-18)25(19)12-16-4-2-1-3-5-16/h1-9,13,18-20H,10-12,14-15H2. The van der Waals surface area contributed by atoms with E-state index in [-0.39, 0.29) is 11.7 Å². The molecule has 0 radical (unpaired) electrons. The van der Waals surface area contributed by atoms with E-state index in [9.17, 15) is 4.79 Å². The number of pyridine rings is 1. The molecule has 2 atom stereocenters. The molecule has 2 bridgehead atoms. The SMILES string of the molecule is O=C(c1ccc2nccn2c1)C1CC2COCC(C1)N2Cc1ccccc1. The highest BCUT2D eigenvalue weighted by atomic mass is 16.5. The minimum Gasteiger partial charge on any atom is -0.378 e. The predicted octanol–water partition coefficient (Wildman–Crippen LogP) is 3.20. The number of aromatic nitrogens is 2. The molecule has 5 rings (SSSR count). The predicted molar refractivity (Wildman–Crippen MR) is 103 cm³/mol. The first-order valence-electron chi connectivity index (χ1n) is 9.62. The summed E-state index contributed by atoms with van der Waals surface area (Å²) < 4.78 is 7.74. The Hall–Kier alpha value is -2.50. The maximum absolute atomic E-state index is 13.2. The zero-order chi connectivity index (χ0) is 18.2. The quantitative estimate of drug-likeness (QED) is 0.670. The van der Waals surface area contributed by atoms with Crippen molar-refractivity contribution in [3.05, 3.63) is 72.2 Å². The minimum absolute atomic E-state index is 0.0666. The minimum atomic E-state index is 0.0666. The molecule has 0 saturated carbocycles. The third kappa shape index (κ3) is 3.17. The fraction of sp³-hybridized carbons (Fsp3) is 0.364. The van der Waals surface area contributed by atoms with Crippen molar-refractivity contribution < 1.29 is 9.53 Å². The average Bonchev–Trinajstić information content (AvgIpc) is 3.16. The number of carbonyl (C=O) groups excluding carboxylic acids is 1. The number of rotatable bonds is 4. The highest BCUT2D eigenvalue weighted by Crippen LogP contribution is 2.34. The van der Waals surface area contributed by atoms with Gasteiger partial charge in [-0.15, -0.1) is 0 Å². The lowest BCUT2D eigenvalue weighted by molar-refractivity contribution is -0.0872. The van der Waals surface area contributed by atoms with Crippen LogP contribution in [-0.4, -0.2) is 45.4 Å². The smallest absolute Gasteiger partial charge is 0.167 e. The van der Waals surface area contributed by atoms with Crippen molar-refractivity contribution in [2.75, 3.05) is 13.2 Å². The first-order valence-corrected chi connectivity index (χ1v) is 9.62. The number of nitrogens with zero attached hydrogens (tertiary/aromatic N) is 3. The highest BCUT2D eigenvalue weighted by Gasteiger charge is 2.41. The summed E-state index contributed by atoms with van der Waals surface area (Å²) in [6.07, 6.45) is 7.28. The molecular weight excluding hydrogens is 338 g/mol. The molecular formula is C22H23N3O2. The Bertz CT molecular complexity index is 938. The molecule has 2 aliphatic heterocycles. The Morgan fingerprint density at radius 1 is 1.07 bits per heavy atom. The van der Waals surface area contributed by atoms with E-state index >= 15 is 0 Å². The van der Waals surface area contributed by atoms with Gasteiger partial charge >= 0.3 is 0 Å². The van der Waals surface area contributed by atoms with Gasteiger partial charge in [-0.2, -0.15) is 0 Å². The second-order valence-corrected chi connectivity index (χ2v) is 7.65. The average molecular weight is 361 g/mol. The van der Waals surface area contributed by atoms with E-state index in [4.69, 9.17) is 4.74 Å². The zero-order valence-electron chi connectivity index (χ0n) is 15.2. The van der Waals surface area contributed by atoms with E-state index in [0.29, 0.717) is 25.3 Å². The van der Waals surface area contributed by atoms with Gasteiger partial charge in [-0.3, -0.25) is 9.69 Å². The Morgan fingerprint density at radius 2 is 1.85 bits per heavy atom. The van der Waals surface area contributed by atoms with Crippen LogP contribution in [0.1, 0.15) is 28.8 Å². The van der Waals surface area contributed by atoms with Gasteiger partial charge in [0.15, 0.2) is 5.78 Å². The van der Waals surface area contributed by atoms with E-state index in [1.54, 1.807) is 6.20 Å². The van der Waals surface area contributed by atoms with Gasteiger partial charge < -0.3 is 9.14 Å². The summed E-state index contributed by atoms with van der Waals surface area (Å²) in [6.45, 7) is 2.36. The molecule has 2 aromatic heterocycles. The van der Waals surface area contributed by atoms with Crippen molar-refractivity contribution in [1.29, 1.82) is 0 Å². The van der Waals surface area contributed by atoms with Crippen molar-refractivity contribution >= 4 is 11.4 Å². The van der Waals surface area contributed by atoms with Crippen molar-refractivity contribution in [2.45, 2.75) is 31.5 Å². The Balaban J connectivity index is 1.35. The third-order valence-corrected chi connectivity index (χ3v) is 5.92. The summed E-state index contributed by atoms with van der Waals surface area (Å²) in [4.78, 5) is 20.0. The molecule has 5 heteroatoms.